The zero-order valence-corrected chi connectivity index (χ0v) is 10.2. The molecule has 0 unspecified atom stereocenters. The molecule has 16 heavy (non-hydrogen) atoms. The van der Waals surface area contributed by atoms with Crippen LogP contribution in [0.1, 0.15) is 36.7 Å². The van der Waals surface area contributed by atoms with Crippen molar-refractivity contribution in [2.75, 3.05) is 0 Å². The van der Waals surface area contributed by atoms with Crippen LogP contribution in [0, 0.1) is 12.3 Å². The zero-order chi connectivity index (χ0) is 11.9. The molecular formula is C14H17NO. The third kappa shape index (κ3) is 1.75. The largest absolute Gasteiger partial charge is 0.360 e. The number of carbonyl (C=O) groups is 1. The van der Waals surface area contributed by atoms with E-state index in [-0.39, 0.29) is 11.2 Å². The summed E-state index contributed by atoms with van der Waals surface area (Å²) in [6.45, 7) is 7.88. The summed E-state index contributed by atoms with van der Waals surface area (Å²) in [4.78, 5) is 15.4. The molecule has 0 aliphatic rings. The van der Waals surface area contributed by atoms with Crippen LogP contribution in [0.2, 0.25) is 0 Å². The number of benzene rings is 1. The van der Waals surface area contributed by atoms with Gasteiger partial charge >= 0.3 is 0 Å². The molecule has 1 heterocycles. The molecule has 2 nitrogen and oxygen atoms in total. The SMILES string of the molecule is Cc1ccc2[nH]cc(C(=O)C(C)(C)C)c2c1. The van der Waals surface area contributed by atoms with Crippen LogP contribution in [-0.2, 0) is 0 Å². The van der Waals surface area contributed by atoms with E-state index in [1.165, 1.54) is 5.56 Å². The van der Waals surface area contributed by atoms with E-state index in [0.29, 0.717) is 0 Å². The fourth-order valence-electron chi connectivity index (χ4n) is 1.83. The van der Waals surface area contributed by atoms with Gasteiger partial charge in [0.25, 0.3) is 0 Å². The lowest BCUT2D eigenvalue weighted by molar-refractivity contribution is 0.0860. The molecule has 0 fully saturated rings. The van der Waals surface area contributed by atoms with Crippen LogP contribution in [0.15, 0.2) is 24.4 Å². The molecule has 1 N–H and O–H groups in total. The van der Waals surface area contributed by atoms with Gasteiger partial charge in [-0.3, -0.25) is 4.79 Å². The average Bonchev–Trinajstić information content (AvgIpc) is 2.57. The van der Waals surface area contributed by atoms with Gasteiger partial charge in [0.15, 0.2) is 5.78 Å². The van der Waals surface area contributed by atoms with Gasteiger partial charge < -0.3 is 4.98 Å². The van der Waals surface area contributed by atoms with E-state index in [4.69, 9.17) is 0 Å². The first-order chi connectivity index (χ1) is 7.39. The lowest BCUT2D eigenvalue weighted by atomic mass is 9.86. The maximum Gasteiger partial charge on any atom is 0.170 e. The molecular weight excluding hydrogens is 198 g/mol. The van der Waals surface area contributed by atoms with E-state index in [1.54, 1.807) is 0 Å². The Morgan fingerprint density at radius 1 is 1.25 bits per heavy atom. The second kappa shape index (κ2) is 3.48. The van der Waals surface area contributed by atoms with Gasteiger partial charge in [-0.2, -0.15) is 0 Å². The highest BCUT2D eigenvalue weighted by atomic mass is 16.1. The quantitative estimate of drug-likeness (QED) is 0.723. The number of ketones is 1. The summed E-state index contributed by atoms with van der Waals surface area (Å²) in [5, 5.41) is 1.03. The molecule has 84 valence electrons. The molecule has 2 heteroatoms. The number of aromatic amines is 1. The number of aryl methyl sites for hydroxylation is 1. The fraction of sp³-hybridized carbons (Fsp3) is 0.357. The number of Topliss-reactive ketones (excluding diaryl/α,β-unsaturated/α-hetero) is 1. The molecule has 2 aromatic rings. The Balaban J connectivity index is 2.62. The van der Waals surface area contributed by atoms with Gasteiger partial charge in [0.2, 0.25) is 0 Å². The van der Waals surface area contributed by atoms with Gasteiger partial charge in [-0.15, -0.1) is 0 Å². The third-order valence-electron chi connectivity index (χ3n) is 2.76. The molecule has 0 atom stereocenters. The van der Waals surface area contributed by atoms with Crippen molar-refractivity contribution in [3.8, 4) is 0 Å². The number of hydrogen-bond donors (Lipinski definition) is 1. The number of nitrogens with one attached hydrogen (secondary N) is 1. The fourth-order valence-corrected chi connectivity index (χ4v) is 1.83. The van der Waals surface area contributed by atoms with Crippen molar-refractivity contribution >= 4 is 16.7 Å². The molecule has 0 saturated heterocycles. The summed E-state index contributed by atoms with van der Waals surface area (Å²) in [6.07, 6.45) is 1.82. The molecule has 0 bridgehead atoms. The van der Waals surface area contributed by atoms with E-state index < -0.39 is 0 Å². The van der Waals surface area contributed by atoms with Crippen molar-refractivity contribution in [2.24, 2.45) is 5.41 Å². The number of H-pyrrole nitrogens is 1. The van der Waals surface area contributed by atoms with Crippen LogP contribution in [0.25, 0.3) is 10.9 Å². The number of aromatic nitrogens is 1. The first-order valence-electron chi connectivity index (χ1n) is 5.52. The lowest BCUT2D eigenvalue weighted by Gasteiger charge is -2.15. The molecule has 0 saturated carbocycles. The normalized spacial score (nSPS) is 12.0. The van der Waals surface area contributed by atoms with E-state index in [0.717, 1.165) is 16.5 Å². The van der Waals surface area contributed by atoms with Gasteiger partial charge in [-0.1, -0.05) is 32.4 Å². The van der Waals surface area contributed by atoms with E-state index in [1.807, 2.05) is 46.0 Å². The topological polar surface area (TPSA) is 32.9 Å². The minimum Gasteiger partial charge on any atom is -0.360 e. The number of hydrogen-bond acceptors (Lipinski definition) is 1. The van der Waals surface area contributed by atoms with Crippen LogP contribution < -0.4 is 0 Å². The summed E-state index contributed by atoms with van der Waals surface area (Å²) in [7, 11) is 0. The van der Waals surface area contributed by atoms with Crippen LogP contribution in [0.3, 0.4) is 0 Å². The smallest absolute Gasteiger partial charge is 0.170 e. The standard InChI is InChI=1S/C14H17NO/c1-9-5-6-12-10(7-9)11(8-15-12)13(16)14(2,3)4/h5-8,15H,1-4H3. The summed E-state index contributed by atoms with van der Waals surface area (Å²) < 4.78 is 0. The minimum atomic E-state index is -0.334. The predicted octanol–water partition coefficient (Wildman–Crippen LogP) is 3.71. The molecule has 0 aliphatic carbocycles. The Bertz CT molecular complexity index is 543. The van der Waals surface area contributed by atoms with Gasteiger partial charge in [0.05, 0.1) is 0 Å². The molecule has 0 aliphatic heterocycles. The molecule has 2 rings (SSSR count). The maximum atomic E-state index is 12.2. The van der Waals surface area contributed by atoms with Crippen LogP contribution in [0.4, 0.5) is 0 Å². The number of rotatable bonds is 1. The van der Waals surface area contributed by atoms with Crippen LogP contribution in [0.5, 0.6) is 0 Å². The van der Waals surface area contributed by atoms with E-state index in [2.05, 4.69) is 11.1 Å². The Labute approximate surface area is 95.7 Å². The summed E-state index contributed by atoms with van der Waals surface area (Å²) in [6, 6.07) is 6.12. The van der Waals surface area contributed by atoms with Gasteiger partial charge in [0.1, 0.15) is 0 Å². The van der Waals surface area contributed by atoms with Crippen LogP contribution >= 0.6 is 0 Å². The third-order valence-corrected chi connectivity index (χ3v) is 2.76. The highest BCUT2D eigenvalue weighted by Gasteiger charge is 2.25. The summed E-state index contributed by atoms with van der Waals surface area (Å²) >= 11 is 0. The Morgan fingerprint density at radius 3 is 2.56 bits per heavy atom. The Kier molecular flexibility index (Phi) is 2.38. The zero-order valence-electron chi connectivity index (χ0n) is 10.2. The van der Waals surface area contributed by atoms with Crippen molar-refractivity contribution in [3.05, 3.63) is 35.5 Å². The van der Waals surface area contributed by atoms with Gasteiger partial charge in [0, 0.05) is 28.1 Å². The Morgan fingerprint density at radius 2 is 1.94 bits per heavy atom. The van der Waals surface area contributed by atoms with Gasteiger partial charge in [-0.25, -0.2) is 0 Å². The highest BCUT2D eigenvalue weighted by Crippen LogP contribution is 2.27. The molecule has 0 amide bonds. The first-order valence-corrected chi connectivity index (χ1v) is 5.52. The van der Waals surface area contributed by atoms with Crippen LogP contribution in [-0.4, -0.2) is 10.8 Å². The maximum absolute atomic E-state index is 12.2. The summed E-state index contributed by atoms with van der Waals surface area (Å²) in [5.74, 6) is 0.185. The van der Waals surface area contributed by atoms with Crippen molar-refractivity contribution in [3.63, 3.8) is 0 Å². The van der Waals surface area contributed by atoms with Crippen molar-refractivity contribution in [2.45, 2.75) is 27.7 Å². The highest BCUT2D eigenvalue weighted by molar-refractivity contribution is 6.10. The predicted molar refractivity (Wildman–Crippen MR) is 66.8 cm³/mol. The molecule has 1 aromatic carbocycles. The molecule has 0 radical (unpaired) electrons. The minimum absolute atomic E-state index is 0.185. The summed E-state index contributed by atoms with van der Waals surface area (Å²) in [5.41, 5.74) is 2.67. The number of carbonyl (C=O) groups excluding carboxylic acids is 1. The number of fused-ring (bicyclic) bond motifs is 1. The van der Waals surface area contributed by atoms with E-state index in [9.17, 15) is 4.79 Å². The molecule has 0 spiro atoms. The van der Waals surface area contributed by atoms with E-state index >= 15 is 0 Å². The van der Waals surface area contributed by atoms with Crippen molar-refractivity contribution in [1.82, 2.24) is 4.98 Å². The monoisotopic (exact) mass is 215 g/mol. The second-order valence-corrected chi connectivity index (χ2v) is 5.33. The lowest BCUT2D eigenvalue weighted by Crippen LogP contribution is -2.19. The second-order valence-electron chi connectivity index (χ2n) is 5.33. The van der Waals surface area contributed by atoms with Gasteiger partial charge in [-0.05, 0) is 19.1 Å². The Hall–Kier alpha value is -1.57. The van der Waals surface area contributed by atoms with Crippen molar-refractivity contribution in [1.29, 1.82) is 0 Å². The average molecular weight is 215 g/mol. The van der Waals surface area contributed by atoms with Crippen molar-refractivity contribution < 1.29 is 4.79 Å². The molecule has 1 aromatic heterocycles. The first kappa shape index (κ1) is 10.9.